The van der Waals surface area contributed by atoms with E-state index in [0.717, 1.165) is 27.7 Å². The molecule has 5 rings (SSSR count). The maximum Gasteiger partial charge on any atom is 0.243 e. The molecule has 0 spiro atoms. The molecule has 4 heteroatoms. The molecule has 5 aromatic rings. The third-order valence-electron chi connectivity index (χ3n) is 8.92. The highest BCUT2D eigenvalue weighted by Gasteiger charge is 2.33. The molecule has 0 aliphatic rings. The van der Waals surface area contributed by atoms with Crippen molar-refractivity contribution in [1.29, 1.82) is 0 Å². The van der Waals surface area contributed by atoms with Crippen LogP contribution in [0.2, 0.25) is 0 Å². The number of pyridine rings is 2. The number of hydrogen-bond donors (Lipinski definition) is 0. The van der Waals surface area contributed by atoms with Gasteiger partial charge in [-0.15, -0.1) is 0 Å². The quantitative estimate of drug-likeness (QED) is 0.264. The molecule has 0 aliphatic heterocycles. The zero-order chi connectivity index (χ0) is 29.6. The zero-order valence-electron chi connectivity index (χ0n) is 25.9. The Balaban J connectivity index is 1.95. The third-order valence-corrected chi connectivity index (χ3v) is 8.92. The Morgan fingerprint density at radius 3 is 1.29 bits per heavy atom. The lowest BCUT2D eigenvalue weighted by molar-refractivity contribution is 1.29. The minimum Gasteiger partial charge on any atom is -0.264 e. The fraction of sp³-hybridized carbons (Fsp3) is 0.243. The number of hydrogen-bond acceptors (Lipinski definition) is 2. The fourth-order valence-electron chi connectivity index (χ4n) is 7.29. The third kappa shape index (κ3) is 4.95. The maximum atomic E-state index is 6.77. The first-order valence-electron chi connectivity index (χ1n) is 14.4. The highest BCUT2D eigenvalue weighted by Crippen LogP contribution is 2.30. The van der Waals surface area contributed by atoms with E-state index in [-0.39, 0.29) is 6.71 Å². The molecule has 0 atom stereocenters. The summed E-state index contributed by atoms with van der Waals surface area (Å²) in [6.07, 6.45) is 7.64. The largest absolute Gasteiger partial charge is 0.264 e. The van der Waals surface area contributed by atoms with Crippen LogP contribution < -0.4 is 21.9 Å². The van der Waals surface area contributed by atoms with E-state index in [1.165, 1.54) is 66.5 Å². The van der Waals surface area contributed by atoms with Crippen LogP contribution in [0.25, 0.3) is 22.3 Å². The van der Waals surface area contributed by atoms with Gasteiger partial charge in [-0.25, -0.2) is 0 Å². The van der Waals surface area contributed by atoms with Gasteiger partial charge in [0.15, 0.2) is 0 Å². The standard InChI is InChI=1S/C37H38B2N2/c1-21-16-24(4)35(27(7)32(21)30-12-10-14-40-19-30)39(37-26(6)18-23(3)34(38)29(37)9)36-25(5)17-22(2)33(28(36)8)31-13-11-15-41-20-31/h10-20H,1-9H3. The summed E-state index contributed by atoms with van der Waals surface area (Å²) < 4.78 is 0. The Morgan fingerprint density at radius 1 is 0.512 bits per heavy atom. The molecule has 2 heterocycles. The van der Waals surface area contributed by atoms with E-state index in [2.05, 4.69) is 103 Å². The second-order valence-electron chi connectivity index (χ2n) is 11.7. The van der Waals surface area contributed by atoms with Gasteiger partial charge in [-0.05, 0) is 108 Å². The monoisotopic (exact) mass is 532 g/mol. The van der Waals surface area contributed by atoms with E-state index in [0.29, 0.717) is 0 Å². The van der Waals surface area contributed by atoms with E-state index in [1.54, 1.807) is 0 Å². The lowest BCUT2D eigenvalue weighted by Gasteiger charge is -2.30. The molecular formula is C37H38B2N2. The van der Waals surface area contributed by atoms with E-state index in [9.17, 15) is 0 Å². The SMILES string of the molecule is [B]c1c(C)cc(C)c(B(c2c(C)cc(C)c(-c3cccnc3)c2C)c2c(C)cc(C)c(-c3cccnc3)c2C)c1C. The smallest absolute Gasteiger partial charge is 0.243 e. The molecule has 3 aromatic carbocycles. The van der Waals surface area contributed by atoms with E-state index >= 15 is 0 Å². The number of aromatic nitrogens is 2. The Labute approximate surface area is 247 Å². The fourth-order valence-corrected chi connectivity index (χ4v) is 7.29. The van der Waals surface area contributed by atoms with Gasteiger partial charge in [0.2, 0.25) is 6.71 Å². The Morgan fingerprint density at radius 2 is 0.902 bits per heavy atom. The lowest BCUT2D eigenvalue weighted by atomic mass is 9.32. The van der Waals surface area contributed by atoms with Crippen LogP contribution in [0.1, 0.15) is 50.1 Å². The highest BCUT2D eigenvalue weighted by molar-refractivity contribution is 6.97. The van der Waals surface area contributed by atoms with Crippen LogP contribution in [0, 0.1) is 62.3 Å². The van der Waals surface area contributed by atoms with Gasteiger partial charge in [0.25, 0.3) is 0 Å². The van der Waals surface area contributed by atoms with Crippen LogP contribution >= 0.6 is 0 Å². The first-order chi connectivity index (χ1) is 19.5. The molecule has 2 aromatic heterocycles. The summed E-state index contributed by atoms with van der Waals surface area (Å²) in [5.74, 6) is 0. The van der Waals surface area contributed by atoms with Crippen molar-refractivity contribution in [3.63, 3.8) is 0 Å². The zero-order valence-corrected chi connectivity index (χ0v) is 25.9. The molecule has 0 bridgehead atoms. The van der Waals surface area contributed by atoms with Gasteiger partial charge in [0, 0.05) is 35.9 Å². The minimum absolute atomic E-state index is 0.00458. The average Bonchev–Trinajstić information content (AvgIpc) is 2.92. The summed E-state index contributed by atoms with van der Waals surface area (Å²) >= 11 is 0. The topological polar surface area (TPSA) is 25.8 Å². The first kappa shape index (κ1) is 28.6. The van der Waals surface area contributed by atoms with Gasteiger partial charge in [0.1, 0.15) is 7.85 Å². The molecule has 0 fully saturated rings. The number of nitrogens with zero attached hydrogens (tertiary/aromatic N) is 2. The van der Waals surface area contributed by atoms with E-state index in [4.69, 9.17) is 7.85 Å². The molecule has 2 nitrogen and oxygen atoms in total. The van der Waals surface area contributed by atoms with Crippen LogP contribution in [0.5, 0.6) is 0 Å². The van der Waals surface area contributed by atoms with Gasteiger partial charge in [-0.1, -0.05) is 80.0 Å². The van der Waals surface area contributed by atoms with Crippen molar-refractivity contribution in [3.05, 3.63) is 117 Å². The Kier molecular flexibility index (Phi) is 7.79. The maximum absolute atomic E-state index is 6.77. The van der Waals surface area contributed by atoms with E-state index in [1.807, 2.05) is 36.9 Å². The summed E-state index contributed by atoms with van der Waals surface area (Å²) in [4.78, 5) is 8.93. The second-order valence-corrected chi connectivity index (χ2v) is 11.7. The minimum atomic E-state index is 0.00458. The summed E-state index contributed by atoms with van der Waals surface area (Å²) in [7, 11) is 6.77. The summed E-state index contributed by atoms with van der Waals surface area (Å²) in [6.45, 7) is 20.1. The number of benzene rings is 3. The molecule has 0 aliphatic carbocycles. The normalized spacial score (nSPS) is 11.1. The highest BCUT2D eigenvalue weighted by atomic mass is 14.6. The molecule has 2 radical (unpaired) electrons. The molecule has 41 heavy (non-hydrogen) atoms. The van der Waals surface area contributed by atoms with Crippen molar-refractivity contribution in [2.24, 2.45) is 0 Å². The molecular weight excluding hydrogens is 494 g/mol. The van der Waals surface area contributed by atoms with Crippen molar-refractivity contribution in [2.75, 3.05) is 0 Å². The lowest BCUT2D eigenvalue weighted by Crippen LogP contribution is -2.58. The van der Waals surface area contributed by atoms with Crippen molar-refractivity contribution in [2.45, 2.75) is 62.3 Å². The van der Waals surface area contributed by atoms with Gasteiger partial charge in [0.05, 0.1) is 0 Å². The molecule has 202 valence electrons. The Bertz CT molecular complexity index is 1670. The summed E-state index contributed by atoms with van der Waals surface area (Å²) in [6, 6.07) is 15.3. The van der Waals surface area contributed by atoms with Crippen LogP contribution in [0.4, 0.5) is 0 Å². The molecule has 0 saturated heterocycles. The van der Waals surface area contributed by atoms with Gasteiger partial charge in [-0.3, -0.25) is 9.97 Å². The van der Waals surface area contributed by atoms with Crippen LogP contribution in [-0.4, -0.2) is 24.5 Å². The number of rotatable bonds is 5. The predicted octanol–water partition coefficient (Wildman–Crippen LogP) is 5.90. The van der Waals surface area contributed by atoms with Crippen molar-refractivity contribution in [1.82, 2.24) is 9.97 Å². The predicted molar refractivity (Wildman–Crippen MR) is 178 cm³/mol. The first-order valence-corrected chi connectivity index (χ1v) is 14.4. The van der Waals surface area contributed by atoms with Gasteiger partial charge in [-0.2, -0.15) is 0 Å². The number of aryl methyl sites for hydroxylation is 6. The van der Waals surface area contributed by atoms with Crippen LogP contribution in [-0.2, 0) is 0 Å². The van der Waals surface area contributed by atoms with Crippen molar-refractivity contribution >= 4 is 36.4 Å². The van der Waals surface area contributed by atoms with Gasteiger partial charge < -0.3 is 0 Å². The van der Waals surface area contributed by atoms with Crippen molar-refractivity contribution < 1.29 is 0 Å². The van der Waals surface area contributed by atoms with E-state index < -0.39 is 0 Å². The van der Waals surface area contributed by atoms with Crippen molar-refractivity contribution in [3.8, 4) is 22.3 Å². The molecule has 0 saturated carbocycles. The summed E-state index contributed by atoms with van der Waals surface area (Å²) in [5, 5.41) is 0. The van der Waals surface area contributed by atoms with Gasteiger partial charge >= 0.3 is 0 Å². The summed E-state index contributed by atoms with van der Waals surface area (Å²) in [5.41, 5.74) is 20.9. The molecule has 0 unspecified atom stereocenters. The van der Waals surface area contributed by atoms with Crippen LogP contribution in [0.15, 0.2) is 67.3 Å². The Hall–Kier alpha value is -3.91. The molecule has 0 amide bonds. The average molecular weight is 532 g/mol. The molecule has 0 N–H and O–H groups in total. The van der Waals surface area contributed by atoms with Crippen LogP contribution in [0.3, 0.4) is 0 Å². The second kappa shape index (κ2) is 11.2.